The number of anilines is 2. The lowest BCUT2D eigenvalue weighted by molar-refractivity contribution is -0.117. The number of hydrogen-bond acceptors (Lipinski definition) is 5. The molecule has 0 radical (unpaired) electrons. The second-order valence-corrected chi connectivity index (χ2v) is 6.28. The molecule has 1 aliphatic rings. The molecule has 7 heteroatoms. The Morgan fingerprint density at radius 1 is 1.15 bits per heavy atom. The van der Waals surface area contributed by atoms with Crippen LogP contribution in [0.2, 0.25) is 0 Å². The predicted molar refractivity (Wildman–Crippen MR) is 103 cm³/mol. The molecule has 7 nitrogen and oxygen atoms in total. The van der Waals surface area contributed by atoms with E-state index in [0.717, 1.165) is 50.1 Å². The maximum atomic E-state index is 12.3. The standard InChI is InChI=1S/C19H27N5O2/c1-3-23-10-9-20-19(23)24-13-11-22(12-14-24)15-18(25)21-16-5-7-17(8-6-16)26-4-2/h5-10H,3-4,11-15H2,1-2H3,(H,21,25). The lowest BCUT2D eigenvalue weighted by Crippen LogP contribution is -2.49. The molecular weight excluding hydrogens is 330 g/mol. The van der Waals surface area contributed by atoms with E-state index in [1.54, 1.807) is 0 Å². The average Bonchev–Trinajstić information content (AvgIpc) is 3.13. The van der Waals surface area contributed by atoms with Gasteiger partial charge in [0.15, 0.2) is 0 Å². The summed E-state index contributed by atoms with van der Waals surface area (Å²) in [5.41, 5.74) is 0.794. The number of ether oxygens (including phenoxy) is 1. The monoisotopic (exact) mass is 357 g/mol. The number of carbonyl (C=O) groups excluding carboxylic acids is 1. The highest BCUT2D eigenvalue weighted by Gasteiger charge is 2.21. The van der Waals surface area contributed by atoms with Crippen molar-refractivity contribution in [2.24, 2.45) is 0 Å². The first-order valence-corrected chi connectivity index (χ1v) is 9.20. The first kappa shape index (κ1) is 18.3. The van der Waals surface area contributed by atoms with Crippen molar-refractivity contribution in [2.45, 2.75) is 20.4 Å². The third-order valence-electron chi connectivity index (χ3n) is 4.51. The SMILES string of the molecule is CCOc1ccc(NC(=O)CN2CCN(c3nccn3CC)CC2)cc1. The van der Waals surface area contributed by atoms with Gasteiger partial charge in [0, 0.05) is 50.8 Å². The molecule has 1 saturated heterocycles. The summed E-state index contributed by atoms with van der Waals surface area (Å²) in [6, 6.07) is 7.47. The maximum Gasteiger partial charge on any atom is 0.238 e. The Bertz CT molecular complexity index is 705. The molecule has 0 aliphatic carbocycles. The molecule has 1 aromatic carbocycles. The molecule has 26 heavy (non-hydrogen) atoms. The highest BCUT2D eigenvalue weighted by atomic mass is 16.5. The van der Waals surface area contributed by atoms with E-state index >= 15 is 0 Å². The Hall–Kier alpha value is -2.54. The van der Waals surface area contributed by atoms with Crippen molar-refractivity contribution >= 4 is 17.5 Å². The maximum absolute atomic E-state index is 12.3. The van der Waals surface area contributed by atoms with Crippen LogP contribution in [0.4, 0.5) is 11.6 Å². The highest BCUT2D eigenvalue weighted by molar-refractivity contribution is 5.92. The van der Waals surface area contributed by atoms with Gasteiger partial charge in [-0.05, 0) is 38.1 Å². The fraction of sp³-hybridized carbons (Fsp3) is 0.474. The first-order chi connectivity index (χ1) is 12.7. The zero-order valence-corrected chi connectivity index (χ0v) is 15.5. The fourth-order valence-corrected chi connectivity index (χ4v) is 3.14. The van der Waals surface area contributed by atoms with Gasteiger partial charge in [0.25, 0.3) is 0 Å². The summed E-state index contributed by atoms with van der Waals surface area (Å²) < 4.78 is 7.56. The van der Waals surface area contributed by atoms with Gasteiger partial charge in [-0.15, -0.1) is 0 Å². The van der Waals surface area contributed by atoms with Gasteiger partial charge in [0.2, 0.25) is 11.9 Å². The molecule has 0 atom stereocenters. The molecule has 2 aromatic rings. The molecule has 140 valence electrons. The lowest BCUT2D eigenvalue weighted by atomic mass is 10.3. The summed E-state index contributed by atoms with van der Waals surface area (Å²) in [6.45, 7) is 9.50. The van der Waals surface area contributed by atoms with Gasteiger partial charge in [-0.3, -0.25) is 9.69 Å². The summed E-state index contributed by atoms with van der Waals surface area (Å²) in [4.78, 5) is 21.2. The molecule has 0 bridgehead atoms. The lowest BCUT2D eigenvalue weighted by Gasteiger charge is -2.35. The molecule has 1 aliphatic heterocycles. The Morgan fingerprint density at radius 3 is 2.54 bits per heavy atom. The largest absolute Gasteiger partial charge is 0.494 e. The van der Waals surface area contributed by atoms with Crippen LogP contribution in [0, 0.1) is 0 Å². The van der Waals surface area contributed by atoms with Crippen molar-refractivity contribution in [1.82, 2.24) is 14.5 Å². The molecule has 1 fully saturated rings. The van der Waals surface area contributed by atoms with Crippen molar-refractivity contribution in [2.75, 3.05) is 49.5 Å². The van der Waals surface area contributed by atoms with Crippen molar-refractivity contribution < 1.29 is 9.53 Å². The number of nitrogens with one attached hydrogen (secondary N) is 1. The number of hydrogen-bond donors (Lipinski definition) is 1. The summed E-state index contributed by atoms with van der Waals surface area (Å²) in [7, 11) is 0. The minimum atomic E-state index is 0.0117. The number of nitrogens with zero attached hydrogens (tertiary/aromatic N) is 4. The Morgan fingerprint density at radius 2 is 1.88 bits per heavy atom. The van der Waals surface area contributed by atoms with Gasteiger partial charge in [0.1, 0.15) is 5.75 Å². The minimum Gasteiger partial charge on any atom is -0.494 e. The van der Waals surface area contributed by atoms with Crippen molar-refractivity contribution in [3.63, 3.8) is 0 Å². The predicted octanol–water partition coefficient (Wildman–Crippen LogP) is 2.06. The van der Waals surface area contributed by atoms with Crippen LogP contribution in [-0.4, -0.2) is 59.7 Å². The minimum absolute atomic E-state index is 0.0117. The van der Waals surface area contributed by atoms with Crippen molar-refractivity contribution in [3.8, 4) is 5.75 Å². The van der Waals surface area contributed by atoms with E-state index in [1.807, 2.05) is 43.6 Å². The Labute approximate surface area is 154 Å². The van der Waals surface area contributed by atoms with Gasteiger partial charge in [-0.2, -0.15) is 0 Å². The Kier molecular flexibility index (Phi) is 6.12. The third kappa shape index (κ3) is 4.54. The third-order valence-corrected chi connectivity index (χ3v) is 4.51. The van der Waals surface area contributed by atoms with Crippen LogP contribution in [0.1, 0.15) is 13.8 Å². The molecule has 3 rings (SSSR count). The quantitative estimate of drug-likeness (QED) is 0.822. The van der Waals surface area contributed by atoms with Crippen LogP contribution in [0.5, 0.6) is 5.75 Å². The normalized spacial score (nSPS) is 15.1. The van der Waals surface area contributed by atoms with Crippen molar-refractivity contribution in [3.05, 3.63) is 36.7 Å². The number of amides is 1. The molecule has 1 N–H and O–H groups in total. The van der Waals surface area contributed by atoms with Gasteiger partial charge >= 0.3 is 0 Å². The molecule has 1 aromatic heterocycles. The molecule has 0 saturated carbocycles. The Balaban J connectivity index is 1.46. The second kappa shape index (κ2) is 8.71. The van der Waals surface area contributed by atoms with Gasteiger partial charge in [-0.1, -0.05) is 0 Å². The van der Waals surface area contributed by atoms with Crippen LogP contribution in [0.3, 0.4) is 0 Å². The van der Waals surface area contributed by atoms with Gasteiger partial charge in [0.05, 0.1) is 13.2 Å². The number of imidazole rings is 1. The van der Waals surface area contributed by atoms with Gasteiger partial charge < -0.3 is 19.5 Å². The van der Waals surface area contributed by atoms with Gasteiger partial charge in [-0.25, -0.2) is 4.98 Å². The zero-order valence-electron chi connectivity index (χ0n) is 15.5. The summed E-state index contributed by atoms with van der Waals surface area (Å²) in [6.07, 6.45) is 3.85. The van der Waals surface area contributed by atoms with Crippen LogP contribution < -0.4 is 15.0 Å². The number of rotatable bonds is 7. The van der Waals surface area contributed by atoms with E-state index in [9.17, 15) is 4.79 Å². The van der Waals surface area contributed by atoms with E-state index in [0.29, 0.717) is 13.2 Å². The summed E-state index contributed by atoms with van der Waals surface area (Å²) in [5, 5.41) is 2.95. The summed E-state index contributed by atoms with van der Waals surface area (Å²) in [5.74, 6) is 1.84. The zero-order chi connectivity index (χ0) is 18.4. The van der Waals surface area contributed by atoms with Crippen LogP contribution in [0.25, 0.3) is 0 Å². The highest BCUT2D eigenvalue weighted by Crippen LogP contribution is 2.16. The average molecular weight is 357 g/mol. The summed E-state index contributed by atoms with van der Waals surface area (Å²) >= 11 is 0. The number of carbonyl (C=O) groups is 1. The van der Waals surface area contributed by atoms with Crippen LogP contribution in [-0.2, 0) is 11.3 Å². The molecule has 2 heterocycles. The number of piperazine rings is 1. The number of benzene rings is 1. The smallest absolute Gasteiger partial charge is 0.238 e. The molecule has 0 unspecified atom stereocenters. The first-order valence-electron chi connectivity index (χ1n) is 9.20. The van der Waals surface area contributed by atoms with E-state index in [1.165, 1.54) is 0 Å². The van der Waals surface area contributed by atoms with Crippen LogP contribution in [0.15, 0.2) is 36.7 Å². The second-order valence-electron chi connectivity index (χ2n) is 6.28. The molecule has 0 spiro atoms. The fourth-order valence-electron chi connectivity index (χ4n) is 3.14. The van der Waals surface area contributed by atoms with E-state index < -0.39 is 0 Å². The van der Waals surface area contributed by atoms with E-state index in [4.69, 9.17) is 4.74 Å². The van der Waals surface area contributed by atoms with E-state index in [2.05, 4.69) is 31.6 Å². The van der Waals surface area contributed by atoms with Crippen LogP contribution >= 0.6 is 0 Å². The van der Waals surface area contributed by atoms with Crippen molar-refractivity contribution in [1.29, 1.82) is 0 Å². The molecular formula is C19H27N5O2. The number of aryl methyl sites for hydroxylation is 1. The van der Waals surface area contributed by atoms with E-state index in [-0.39, 0.29) is 5.91 Å². The molecule has 1 amide bonds. The number of aromatic nitrogens is 2. The topological polar surface area (TPSA) is 62.6 Å².